The highest BCUT2D eigenvalue weighted by Gasteiger charge is 2.71. The maximum atomic E-state index is 13.7. The summed E-state index contributed by atoms with van der Waals surface area (Å²) in [4.78, 5) is 20.8. The van der Waals surface area contributed by atoms with Crippen molar-refractivity contribution in [1.29, 1.82) is 0 Å². The van der Waals surface area contributed by atoms with E-state index in [0.29, 0.717) is 46.6 Å². The third-order valence-electron chi connectivity index (χ3n) is 18.9. The normalized spacial score (nSPS) is 44.5. The molecule has 8 rings (SSSR count). The number of carbonyl (C=O) groups is 1. The number of allylic oxidation sites excluding steroid dienone is 5. The van der Waals surface area contributed by atoms with Crippen molar-refractivity contribution < 1.29 is 14.6 Å². The van der Waals surface area contributed by atoms with Crippen LogP contribution in [0.5, 0.6) is 5.19 Å². The number of thiazole rings is 1. The predicted octanol–water partition coefficient (Wildman–Crippen LogP) is 10.9. The molecule has 11 atom stereocenters. The second-order valence-corrected chi connectivity index (χ2v) is 23.1. The molecule has 1 aliphatic heterocycles. The lowest BCUT2D eigenvalue weighted by molar-refractivity contribution is -0.222. The molecule has 1 aromatic heterocycles. The minimum absolute atomic E-state index is 0.143. The first-order valence-electron chi connectivity index (χ1n) is 22.5. The van der Waals surface area contributed by atoms with Crippen LogP contribution in [-0.4, -0.2) is 70.8 Å². The third kappa shape index (κ3) is 5.96. The SMILES string of the molecule is C=C(C)[C@@H]1CC[C@]2(NCCN3CCSCC3)CC[C@]3(C)[C@H](CC[C@@H]4[C@@]5(C)CC=C(C6(CC)C=CCCC6(COc6nccs6)C(=O)O)C(C)(C)[C@@H]5CC[C@]43C)[C@@H]12. The lowest BCUT2D eigenvalue weighted by atomic mass is 9.32. The van der Waals surface area contributed by atoms with Crippen LogP contribution in [0, 0.1) is 62.1 Å². The van der Waals surface area contributed by atoms with Gasteiger partial charge in [0, 0.05) is 60.2 Å². The van der Waals surface area contributed by atoms with Crippen LogP contribution in [0.25, 0.3) is 0 Å². The minimum Gasteiger partial charge on any atom is -0.481 e. The summed E-state index contributed by atoms with van der Waals surface area (Å²) in [5, 5.41) is 18.1. The van der Waals surface area contributed by atoms with Crippen molar-refractivity contribution in [2.24, 2.45) is 62.1 Å². The van der Waals surface area contributed by atoms with Crippen LogP contribution in [0.2, 0.25) is 0 Å². The number of nitrogens with one attached hydrogen (secondary N) is 1. The summed E-state index contributed by atoms with van der Waals surface area (Å²) in [5.74, 6) is 4.97. The zero-order valence-electron chi connectivity index (χ0n) is 35.9. The van der Waals surface area contributed by atoms with Gasteiger partial charge in [-0.3, -0.25) is 4.79 Å². The molecule has 6 nitrogen and oxygen atoms in total. The summed E-state index contributed by atoms with van der Waals surface area (Å²) in [6.07, 6.45) is 22.4. The molecule has 2 heterocycles. The Morgan fingerprint density at radius 3 is 2.50 bits per heavy atom. The van der Waals surface area contributed by atoms with Crippen LogP contribution in [-0.2, 0) is 4.79 Å². The first kappa shape index (κ1) is 41.1. The molecule has 0 spiro atoms. The van der Waals surface area contributed by atoms with Crippen molar-refractivity contribution in [3.05, 3.63) is 47.5 Å². The van der Waals surface area contributed by atoms with Gasteiger partial charge in [0.05, 0.1) is 0 Å². The van der Waals surface area contributed by atoms with Crippen molar-refractivity contribution >= 4 is 29.1 Å². The Morgan fingerprint density at radius 2 is 1.80 bits per heavy atom. The summed E-state index contributed by atoms with van der Waals surface area (Å²) in [5.41, 5.74) is 1.91. The topological polar surface area (TPSA) is 74.7 Å². The summed E-state index contributed by atoms with van der Waals surface area (Å²) < 4.78 is 6.30. The van der Waals surface area contributed by atoms with Crippen molar-refractivity contribution in [3.8, 4) is 5.19 Å². The fourth-order valence-electron chi connectivity index (χ4n) is 16.1. The lowest BCUT2D eigenvalue weighted by Crippen LogP contribution is -2.68. The van der Waals surface area contributed by atoms with E-state index in [0.717, 1.165) is 25.8 Å². The quantitative estimate of drug-likeness (QED) is 0.216. The maximum absolute atomic E-state index is 13.7. The van der Waals surface area contributed by atoms with E-state index in [9.17, 15) is 9.90 Å². The number of thioether (sulfide) groups is 1. The molecule has 8 heteroatoms. The van der Waals surface area contributed by atoms with E-state index in [1.54, 1.807) is 6.20 Å². The molecule has 2 N–H and O–H groups in total. The van der Waals surface area contributed by atoms with Gasteiger partial charge in [-0.25, -0.2) is 4.98 Å². The molecule has 0 bridgehead atoms. The van der Waals surface area contributed by atoms with Crippen LogP contribution in [0.3, 0.4) is 0 Å². The van der Waals surface area contributed by atoms with Gasteiger partial charge in [0.15, 0.2) is 0 Å². The lowest BCUT2D eigenvalue weighted by Gasteiger charge is -2.73. The number of hydrogen-bond donors (Lipinski definition) is 2. The molecule has 56 heavy (non-hydrogen) atoms. The first-order valence-corrected chi connectivity index (χ1v) is 24.5. The zero-order chi connectivity index (χ0) is 39.8. The van der Waals surface area contributed by atoms with Crippen LogP contribution < -0.4 is 10.1 Å². The van der Waals surface area contributed by atoms with Gasteiger partial charge in [0.25, 0.3) is 5.19 Å². The molecule has 310 valence electrons. The Bertz CT molecular complexity index is 1700. The van der Waals surface area contributed by atoms with Gasteiger partial charge in [0.2, 0.25) is 0 Å². The summed E-state index contributed by atoms with van der Waals surface area (Å²) in [6.45, 7) is 27.3. The first-order chi connectivity index (χ1) is 26.6. The van der Waals surface area contributed by atoms with Crippen molar-refractivity contribution in [3.63, 3.8) is 0 Å². The number of carboxylic acids is 1. The van der Waals surface area contributed by atoms with Crippen molar-refractivity contribution in [2.45, 2.75) is 131 Å². The smallest absolute Gasteiger partial charge is 0.314 e. The van der Waals surface area contributed by atoms with Crippen LogP contribution in [0.4, 0.5) is 0 Å². The van der Waals surface area contributed by atoms with Crippen molar-refractivity contribution in [2.75, 3.05) is 44.3 Å². The number of hydrogen-bond acceptors (Lipinski definition) is 7. The van der Waals surface area contributed by atoms with Gasteiger partial charge in [-0.05, 0) is 135 Å². The van der Waals surface area contributed by atoms with Crippen LogP contribution in [0.15, 0.2) is 47.5 Å². The highest BCUT2D eigenvalue weighted by molar-refractivity contribution is 7.99. The molecular formula is C48H73N3O3S2. The molecule has 0 amide bonds. The fourth-order valence-corrected chi connectivity index (χ4v) is 17.6. The van der Waals surface area contributed by atoms with Gasteiger partial charge < -0.3 is 20.1 Å². The number of nitrogens with zero attached hydrogens (tertiary/aromatic N) is 2. The standard InChI is InChI=1S/C48H73N3O3S2/c1-9-46(17-10-11-18-47(46,40(52)53)32-54-41-49-25-29-56-41)37-15-19-43(6)36(42(37,4)5)16-20-45(8)38(43)13-12-35-39-34(33(2)3)14-21-48(39,23-22-44(35,45)7)50-24-26-51-27-30-55-31-28-51/h10,15,17,25,29,34-36,38-39,50H,2,9,11-14,16,18-24,26-28,30-32H2,1,3-8H3,(H,52,53)/t34-,35+,36-,38+,39+,43-,44+,45+,46?,47?,48-/m0/s1. The monoisotopic (exact) mass is 804 g/mol. The molecule has 0 aromatic carbocycles. The summed E-state index contributed by atoms with van der Waals surface area (Å²) >= 11 is 3.55. The average Bonchev–Trinajstić information content (AvgIpc) is 3.83. The maximum Gasteiger partial charge on any atom is 0.314 e. The highest BCUT2D eigenvalue weighted by atomic mass is 32.2. The Labute approximate surface area is 347 Å². The van der Waals surface area contributed by atoms with E-state index in [1.165, 1.54) is 105 Å². The van der Waals surface area contributed by atoms with E-state index in [-0.39, 0.29) is 28.4 Å². The number of rotatable bonds is 11. The minimum atomic E-state index is -1.05. The Kier molecular flexibility index (Phi) is 10.9. The van der Waals surface area contributed by atoms with Crippen molar-refractivity contribution in [1.82, 2.24) is 15.2 Å². The second-order valence-electron chi connectivity index (χ2n) is 21.0. The molecule has 7 aliphatic rings. The van der Waals surface area contributed by atoms with E-state index in [4.69, 9.17) is 4.74 Å². The number of aromatic nitrogens is 1. The Balaban J connectivity index is 1.10. The van der Waals surface area contributed by atoms with Crippen LogP contribution in [0.1, 0.15) is 126 Å². The fraction of sp³-hybridized carbons (Fsp3) is 0.792. The number of fused-ring (bicyclic) bond motifs is 7. The van der Waals surface area contributed by atoms with E-state index in [2.05, 4.69) is 100 Å². The van der Waals surface area contributed by atoms with Gasteiger partial charge in [0.1, 0.15) is 12.0 Å². The van der Waals surface area contributed by atoms with Gasteiger partial charge >= 0.3 is 5.97 Å². The Morgan fingerprint density at radius 1 is 1.02 bits per heavy atom. The third-order valence-corrected chi connectivity index (χ3v) is 20.6. The summed E-state index contributed by atoms with van der Waals surface area (Å²) in [6, 6.07) is 0. The van der Waals surface area contributed by atoms with E-state index >= 15 is 0 Å². The average molecular weight is 804 g/mol. The van der Waals surface area contributed by atoms with E-state index < -0.39 is 16.8 Å². The second kappa shape index (κ2) is 14.8. The molecule has 1 saturated heterocycles. The molecule has 1 aromatic rings. The highest BCUT2D eigenvalue weighted by Crippen LogP contribution is 2.77. The molecule has 4 saturated carbocycles. The van der Waals surface area contributed by atoms with Gasteiger partial charge in [-0.2, -0.15) is 11.8 Å². The van der Waals surface area contributed by atoms with Gasteiger partial charge in [-0.15, -0.1) is 0 Å². The molecule has 5 fully saturated rings. The van der Waals surface area contributed by atoms with E-state index in [1.807, 2.05) is 5.38 Å². The molecule has 0 radical (unpaired) electrons. The largest absolute Gasteiger partial charge is 0.481 e. The zero-order valence-corrected chi connectivity index (χ0v) is 37.5. The number of ether oxygens (including phenoxy) is 1. The Hall–Kier alpha value is -1.61. The number of aliphatic carboxylic acids is 1. The summed E-state index contributed by atoms with van der Waals surface area (Å²) in [7, 11) is 0. The number of carboxylic acid groups (broad SMARTS) is 1. The van der Waals surface area contributed by atoms with Crippen LogP contribution >= 0.6 is 23.1 Å². The molecule has 2 unspecified atom stereocenters. The predicted molar refractivity (Wildman–Crippen MR) is 233 cm³/mol. The van der Waals surface area contributed by atoms with Gasteiger partial charge in [-0.1, -0.05) is 88.8 Å². The molecular weight excluding hydrogens is 731 g/mol. The molecule has 6 aliphatic carbocycles.